The number of hydrogen-bond acceptors (Lipinski definition) is 3. The highest BCUT2D eigenvalue weighted by Gasteiger charge is 2.23. The minimum Gasteiger partial charge on any atom is -0.379 e. The number of hydrogen-bond donors (Lipinski definition) is 1. The molecule has 3 nitrogen and oxygen atoms in total. The Bertz CT molecular complexity index is 365. The second-order valence-corrected chi connectivity index (χ2v) is 7.87. The quantitative estimate of drug-likeness (QED) is 0.237. The van der Waals surface area contributed by atoms with Gasteiger partial charge in [0.15, 0.2) is 0 Å². The molecule has 0 amide bonds. The molecule has 1 heterocycles. The molecule has 0 aliphatic carbocycles. The number of aliphatic hydroxyl groups excluding tert-OH is 1. The first-order valence-corrected chi connectivity index (χ1v) is 11.4. The van der Waals surface area contributed by atoms with Crippen molar-refractivity contribution in [3.63, 3.8) is 0 Å². The van der Waals surface area contributed by atoms with Crippen molar-refractivity contribution in [2.75, 3.05) is 6.54 Å². The van der Waals surface area contributed by atoms with E-state index in [-0.39, 0.29) is 6.17 Å². The molecule has 0 aromatic carbocycles. The SMILES string of the molecule is CCCCCCCCCCCCCC/C=C/CCC1N=CCN1C(C)O. The van der Waals surface area contributed by atoms with Gasteiger partial charge < -0.3 is 5.11 Å². The maximum atomic E-state index is 9.69. The van der Waals surface area contributed by atoms with Crippen LogP contribution in [0, 0.1) is 0 Å². The second kappa shape index (κ2) is 16.5. The van der Waals surface area contributed by atoms with E-state index in [0.29, 0.717) is 0 Å². The lowest BCUT2D eigenvalue weighted by Crippen LogP contribution is -2.37. The first kappa shape index (κ1) is 23.4. The molecule has 1 aliphatic heterocycles. The number of nitrogens with zero attached hydrogens (tertiary/aromatic N) is 2. The molecule has 3 heteroatoms. The molecular formula is C23H44N2O. The highest BCUT2D eigenvalue weighted by atomic mass is 16.3. The van der Waals surface area contributed by atoms with Gasteiger partial charge in [-0.15, -0.1) is 0 Å². The van der Waals surface area contributed by atoms with Crippen LogP contribution in [0.5, 0.6) is 0 Å². The van der Waals surface area contributed by atoms with Crippen LogP contribution < -0.4 is 0 Å². The number of aliphatic hydroxyl groups is 1. The van der Waals surface area contributed by atoms with Crippen LogP contribution in [0.15, 0.2) is 17.1 Å². The molecule has 1 rings (SSSR count). The molecule has 2 unspecified atom stereocenters. The number of aliphatic imine (C=N–C) groups is 1. The Labute approximate surface area is 163 Å². The van der Waals surface area contributed by atoms with Crippen LogP contribution in [0.25, 0.3) is 0 Å². The number of unbranched alkanes of at least 4 members (excludes halogenated alkanes) is 12. The molecule has 0 fully saturated rings. The Kier molecular flexibility index (Phi) is 14.8. The Hall–Kier alpha value is -0.670. The van der Waals surface area contributed by atoms with Crippen molar-refractivity contribution in [2.24, 2.45) is 4.99 Å². The highest BCUT2D eigenvalue weighted by Crippen LogP contribution is 2.16. The molecule has 26 heavy (non-hydrogen) atoms. The molecule has 0 spiro atoms. The van der Waals surface area contributed by atoms with Gasteiger partial charge in [0.25, 0.3) is 0 Å². The maximum absolute atomic E-state index is 9.69. The lowest BCUT2D eigenvalue weighted by molar-refractivity contribution is 0.00797. The molecule has 0 saturated heterocycles. The standard InChI is InChI=1S/C23H44N2O/c1-3-4-5-6-7-8-9-10-11-12-13-14-15-16-17-18-19-23-24-20-21-25(23)22(2)26/h16-17,20,22-23,26H,3-15,18-19,21H2,1-2H3/b17-16+. The van der Waals surface area contributed by atoms with E-state index in [1.165, 1.54) is 83.5 Å². The molecule has 0 aromatic heterocycles. The molecule has 1 aliphatic rings. The molecule has 2 atom stereocenters. The average Bonchev–Trinajstić information content (AvgIpc) is 3.10. The molecular weight excluding hydrogens is 320 g/mol. The van der Waals surface area contributed by atoms with Crippen molar-refractivity contribution in [1.82, 2.24) is 4.90 Å². The van der Waals surface area contributed by atoms with Crippen molar-refractivity contribution in [1.29, 1.82) is 0 Å². The lowest BCUT2D eigenvalue weighted by atomic mass is 10.0. The molecule has 152 valence electrons. The maximum Gasteiger partial charge on any atom is 0.106 e. The lowest BCUT2D eigenvalue weighted by Gasteiger charge is -2.25. The van der Waals surface area contributed by atoms with Gasteiger partial charge in [0.1, 0.15) is 12.4 Å². The van der Waals surface area contributed by atoms with E-state index in [2.05, 4.69) is 24.1 Å². The zero-order chi connectivity index (χ0) is 18.9. The average molecular weight is 365 g/mol. The van der Waals surface area contributed by atoms with Crippen LogP contribution in [0.3, 0.4) is 0 Å². The Morgan fingerprint density at radius 2 is 1.46 bits per heavy atom. The summed E-state index contributed by atoms with van der Waals surface area (Å²) < 4.78 is 0. The van der Waals surface area contributed by atoms with Crippen molar-refractivity contribution in [3.05, 3.63) is 12.2 Å². The molecule has 0 aromatic rings. The Balaban J connectivity index is 1.81. The topological polar surface area (TPSA) is 35.8 Å². The first-order chi connectivity index (χ1) is 12.8. The predicted octanol–water partition coefficient (Wildman–Crippen LogP) is 6.46. The van der Waals surface area contributed by atoms with Crippen molar-refractivity contribution in [2.45, 2.75) is 123 Å². The molecule has 0 bridgehead atoms. The molecule has 0 saturated carbocycles. The van der Waals surface area contributed by atoms with Gasteiger partial charge in [-0.25, -0.2) is 0 Å². The summed E-state index contributed by atoms with van der Waals surface area (Å²) in [7, 11) is 0. The molecule has 0 radical (unpaired) electrons. The van der Waals surface area contributed by atoms with E-state index in [9.17, 15) is 5.11 Å². The second-order valence-electron chi connectivity index (χ2n) is 7.87. The zero-order valence-corrected chi connectivity index (χ0v) is 17.5. The minimum absolute atomic E-state index is 0.172. The van der Waals surface area contributed by atoms with Gasteiger partial charge in [-0.1, -0.05) is 89.7 Å². The van der Waals surface area contributed by atoms with Crippen LogP contribution in [0.4, 0.5) is 0 Å². The first-order valence-electron chi connectivity index (χ1n) is 11.4. The summed E-state index contributed by atoms with van der Waals surface area (Å²) in [6.45, 7) is 4.89. The summed E-state index contributed by atoms with van der Waals surface area (Å²) in [5.41, 5.74) is 0. The van der Waals surface area contributed by atoms with Gasteiger partial charge in [-0.05, 0) is 32.6 Å². The van der Waals surface area contributed by atoms with Gasteiger partial charge in [-0.2, -0.15) is 0 Å². The third-order valence-electron chi connectivity index (χ3n) is 5.42. The van der Waals surface area contributed by atoms with E-state index in [1.807, 2.05) is 18.0 Å². The van der Waals surface area contributed by atoms with Crippen molar-refractivity contribution < 1.29 is 5.11 Å². The van der Waals surface area contributed by atoms with Crippen LogP contribution >= 0.6 is 0 Å². The zero-order valence-electron chi connectivity index (χ0n) is 17.5. The fourth-order valence-electron chi connectivity index (χ4n) is 3.70. The minimum atomic E-state index is -0.396. The van der Waals surface area contributed by atoms with E-state index in [1.54, 1.807) is 0 Å². The third-order valence-corrected chi connectivity index (χ3v) is 5.42. The van der Waals surface area contributed by atoms with E-state index < -0.39 is 6.23 Å². The summed E-state index contributed by atoms with van der Waals surface area (Å²) >= 11 is 0. The van der Waals surface area contributed by atoms with Crippen LogP contribution in [0.1, 0.15) is 110 Å². The van der Waals surface area contributed by atoms with Gasteiger partial charge in [0, 0.05) is 12.8 Å². The van der Waals surface area contributed by atoms with Crippen molar-refractivity contribution >= 4 is 6.21 Å². The fourth-order valence-corrected chi connectivity index (χ4v) is 3.70. The summed E-state index contributed by atoms with van der Waals surface area (Å²) in [5.74, 6) is 0. The predicted molar refractivity (Wildman–Crippen MR) is 115 cm³/mol. The van der Waals surface area contributed by atoms with Gasteiger partial charge in [0.05, 0.1) is 0 Å². The Morgan fingerprint density at radius 3 is 2.04 bits per heavy atom. The fraction of sp³-hybridized carbons (Fsp3) is 0.870. The summed E-state index contributed by atoms with van der Waals surface area (Å²) in [6.07, 6.45) is 26.6. The van der Waals surface area contributed by atoms with E-state index in [4.69, 9.17) is 0 Å². The van der Waals surface area contributed by atoms with Crippen LogP contribution in [-0.2, 0) is 0 Å². The largest absolute Gasteiger partial charge is 0.379 e. The summed E-state index contributed by atoms with van der Waals surface area (Å²) in [5, 5.41) is 9.69. The Morgan fingerprint density at radius 1 is 0.923 bits per heavy atom. The monoisotopic (exact) mass is 364 g/mol. The van der Waals surface area contributed by atoms with Gasteiger partial charge in [0.2, 0.25) is 0 Å². The van der Waals surface area contributed by atoms with Crippen LogP contribution in [-0.4, -0.2) is 35.2 Å². The normalized spacial score (nSPS) is 19.0. The molecule has 1 N–H and O–H groups in total. The van der Waals surface area contributed by atoms with Crippen LogP contribution in [0.2, 0.25) is 0 Å². The summed E-state index contributed by atoms with van der Waals surface area (Å²) in [6, 6.07) is 0. The third kappa shape index (κ3) is 11.9. The highest BCUT2D eigenvalue weighted by molar-refractivity contribution is 5.62. The number of allylic oxidation sites excluding steroid dienone is 2. The number of rotatable bonds is 17. The van der Waals surface area contributed by atoms with E-state index >= 15 is 0 Å². The van der Waals surface area contributed by atoms with E-state index in [0.717, 1.165) is 19.4 Å². The van der Waals surface area contributed by atoms with Gasteiger partial charge >= 0.3 is 0 Å². The van der Waals surface area contributed by atoms with Gasteiger partial charge in [-0.3, -0.25) is 9.89 Å². The van der Waals surface area contributed by atoms with Crippen molar-refractivity contribution in [3.8, 4) is 0 Å². The summed E-state index contributed by atoms with van der Waals surface area (Å²) in [4.78, 5) is 6.49. The smallest absolute Gasteiger partial charge is 0.106 e.